The van der Waals surface area contributed by atoms with Crippen LogP contribution in [-0.4, -0.2) is 54.2 Å². The second kappa shape index (κ2) is 8.21. The van der Waals surface area contributed by atoms with Crippen molar-refractivity contribution in [2.45, 2.75) is 24.8 Å². The number of likely N-dealkylation sites (tertiary alicyclic amines) is 1. The van der Waals surface area contributed by atoms with Crippen LogP contribution in [0.15, 0.2) is 35.3 Å². The fourth-order valence-electron chi connectivity index (χ4n) is 3.40. The van der Waals surface area contributed by atoms with E-state index in [1.54, 1.807) is 4.90 Å². The minimum atomic E-state index is -4.85. The molecule has 1 saturated heterocycles. The maximum Gasteiger partial charge on any atom is 0.416 e. The van der Waals surface area contributed by atoms with Crippen LogP contribution in [0.5, 0.6) is 0 Å². The second-order valence-electron chi connectivity index (χ2n) is 7.08. The number of carboxylic acids is 1. The molecule has 0 amide bonds. The molecule has 30 heavy (non-hydrogen) atoms. The van der Waals surface area contributed by atoms with Gasteiger partial charge >= 0.3 is 12.1 Å². The van der Waals surface area contributed by atoms with E-state index in [1.165, 1.54) is 6.07 Å². The summed E-state index contributed by atoms with van der Waals surface area (Å²) in [6, 6.07) is 1.49. The van der Waals surface area contributed by atoms with Gasteiger partial charge in [-0.3, -0.25) is 14.3 Å². The summed E-state index contributed by atoms with van der Waals surface area (Å²) in [5, 5.41) is 9.60. The number of aliphatic carboxylic acids is 1. The van der Waals surface area contributed by atoms with Crippen LogP contribution in [0.1, 0.15) is 22.7 Å². The van der Waals surface area contributed by atoms with Crippen molar-refractivity contribution in [1.82, 2.24) is 9.47 Å². The fraction of sp³-hybridized carbons (Fsp3) is 0.368. The van der Waals surface area contributed by atoms with Gasteiger partial charge in [0.05, 0.1) is 5.56 Å². The molecule has 3 rings (SSSR count). The van der Waals surface area contributed by atoms with Gasteiger partial charge in [0.1, 0.15) is 19.8 Å². The maximum atomic E-state index is 14.3. The molecule has 1 fully saturated rings. The van der Waals surface area contributed by atoms with Gasteiger partial charge in [0.15, 0.2) is 6.04 Å². The number of carbonyl (C=O) groups is 1. The fourth-order valence-corrected chi connectivity index (χ4v) is 3.40. The molecule has 158 valence electrons. The Morgan fingerprint density at radius 2 is 1.93 bits per heavy atom. The lowest BCUT2D eigenvalue weighted by atomic mass is 9.91. The molecule has 1 aliphatic heterocycles. The third kappa shape index (κ3) is 4.56. The predicted molar refractivity (Wildman–Crippen MR) is 98.3 cm³/mol. The first-order chi connectivity index (χ1) is 14.0. The summed E-state index contributed by atoms with van der Waals surface area (Å²) in [5.74, 6) is -2.62. The van der Waals surface area contributed by atoms with Gasteiger partial charge in [-0.2, -0.15) is 13.2 Å². The molecule has 1 aromatic heterocycles. The second-order valence-corrected chi connectivity index (χ2v) is 7.08. The van der Waals surface area contributed by atoms with Gasteiger partial charge in [0, 0.05) is 37.5 Å². The summed E-state index contributed by atoms with van der Waals surface area (Å²) < 4.78 is 68.0. The van der Waals surface area contributed by atoms with E-state index < -0.39 is 46.9 Å². The number of nitrogens with zero attached hydrogens (tertiary/aromatic N) is 2. The monoisotopic (exact) mass is 426 g/mol. The highest BCUT2D eigenvalue weighted by atomic mass is 19.4. The van der Waals surface area contributed by atoms with Crippen molar-refractivity contribution in [2.75, 3.05) is 19.6 Å². The molecule has 2 heterocycles. The first-order valence-electron chi connectivity index (χ1n) is 8.93. The normalized spacial score (nSPS) is 16.3. The number of hydrogen-bond acceptors (Lipinski definition) is 3. The van der Waals surface area contributed by atoms with Crippen LogP contribution in [0.25, 0.3) is 0 Å². The quantitative estimate of drug-likeness (QED) is 0.564. The van der Waals surface area contributed by atoms with Crippen molar-refractivity contribution in [1.29, 1.82) is 0 Å². The van der Waals surface area contributed by atoms with E-state index in [1.807, 2.05) is 0 Å². The smallest absolute Gasteiger partial charge is 0.416 e. The molecule has 0 saturated carbocycles. The van der Waals surface area contributed by atoms with E-state index in [4.69, 9.17) is 7.85 Å². The van der Waals surface area contributed by atoms with Crippen LogP contribution >= 0.6 is 0 Å². The number of alkyl halides is 4. The molecule has 1 N–H and O–H groups in total. The zero-order valence-corrected chi connectivity index (χ0v) is 15.5. The van der Waals surface area contributed by atoms with E-state index in [0.29, 0.717) is 10.6 Å². The summed E-state index contributed by atoms with van der Waals surface area (Å²) in [4.78, 5) is 25.8. The predicted octanol–water partition coefficient (Wildman–Crippen LogP) is 1.67. The molecule has 0 aliphatic carbocycles. The Bertz CT molecular complexity index is 1020. The van der Waals surface area contributed by atoms with Crippen molar-refractivity contribution < 1.29 is 31.9 Å². The van der Waals surface area contributed by atoms with Crippen LogP contribution in [-0.2, 0) is 17.4 Å². The molecular weight excluding hydrogens is 410 g/mol. The van der Waals surface area contributed by atoms with Crippen molar-refractivity contribution in [2.24, 2.45) is 0 Å². The van der Waals surface area contributed by atoms with Crippen molar-refractivity contribution in [3.63, 3.8) is 0 Å². The zero-order chi connectivity index (χ0) is 22.2. The van der Waals surface area contributed by atoms with Gasteiger partial charge < -0.3 is 5.11 Å². The highest BCUT2D eigenvalue weighted by Crippen LogP contribution is 2.32. The first-order valence-corrected chi connectivity index (χ1v) is 8.93. The van der Waals surface area contributed by atoms with E-state index in [9.17, 15) is 36.6 Å². The van der Waals surface area contributed by atoms with E-state index in [-0.39, 0.29) is 37.1 Å². The Kier molecular flexibility index (Phi) is 6.03. The highest BCUT2D eigenvalue weighted by molar-refractivity contribution is 6.32. The first kappa shape index (κ1) is 22.0. The van der Waals surface area contributed by atoms with Crippen LogP contribution in [0.4, 0.5) is 22.0 Å². The van der Waals surface area contributed by atoms with E-state index in [0.717, 1.165) is 18.3 Å². The Morgan fingerprint density at radius 1 is 1.27 bits per heavy atom. The number of aromatic nitrogens is 1. The Labute approximate surface area is 169 Å². The third-order valence-electron chi connectivity index (χ3n) is 4.91. The van der Waals surface area contributed by atoms with Crippen molar-refractivity contribution in [3.8, 4) is 0 Å². The molecule has 2 radical (unpaired) electrons. The SMILES string of the molecule is [B]c1ccc(F)c(C(C(=O)O)n2cc(CCN3CC(F)C3)c(C(F)(F)F)cc2=O)c1. The molecule has 2 aromatic rings. The molecule has 11 heteroatoms. The summed E-state index contributed by atoms with van der Waals surface area (Å²) in [7, 11) is 5.57. The highest BCUT2D eigenvalue weighted by Gasteiger charge is 2.36. The molecule has 0 bridgehead atoms. The average molecular weight is 426 g/mol. The average Bonchev–Trinajstić information content (AvgIpc) is 2.61. The number of rotatable bonds is 6. The van der Waals surface area contributed by atoms with Crippen molar-refractivity contribution >= 4 is 19.3 Å². The van der Waals surface area contributed by atoms with E-state index in [2.05, 4.69) is 0 Å². The summed E-state index contributed by atoms with van der Waals surface area (Å²) in [6.07, 6.45) is -5.32. The lowest BCUT2D eigenvalue weighted by molar-refractivity contribution is -0.139. The van der Waals surface area contributed by atoms with E-state index >= 15 is 0 Å². The number of benzene rings is 1. The van der Waals surface area contributed by atoms with Crippen LogP contribution < -0.4 is 11.0 Å². The summed E-state index contributed by atoms with van der Waals surface area (Å²) in [6.45, 7) is 0.270. The van der Waals surface area contributed by atoms with Gasteiger partial charge in [-0.15, -0.1) is 0 Å². The minimum absolute atomic E-state index is 0.0244. The number of carboxylic acid groups (broad SMARTS) is 1. The third-order valence-corrected chi connectivity index (χ3v) is 4.91. The van der Waals surface area contributed by atoms with Gasteiger partial charge in [-0.1, -0.05) is 17.6 Å². The Balaban J connectivity index is 2.08. The minimum Gasteiger partial charge on any atom is -0.479 e. The molecule has 1 aliphatic rings. The van der Waals surface area contributed by atoms with Gasteiger partial charge in [0.25, 0.3) is 5.56 Å². The van der Waals surface area contributed by atoms with Gasteiger partial charge in [-0.25, -0.2) is 13.6 Å². The van der Waals surface area contributed by atoms with Gasteiger partial charge in [0.2, 0.25) is 0 Å². The molecule has 1 aromatic carbocycles. The lowest BCUT2D eigenvalue weighted by Gasteiger charge is -2.34. The molecule has 0 spiro atoms. The number of halogens is 5. The molecule has 1 unspecified atom stereocenters. The Morgan fingerprint density at radius 3 is 2.50 bits per heavy atom. The Hall–Kier alpha value is -2.69. The van der Waals surface area contributed by atoms with Crippen LogP contribution in [0.3, 0.4) is 0 Å². The summed E-state index contributed by atoms with van der Waals surface area (Å²) >= 11 is 0. The molecule has 1 atom stereocenters. The largest absolute Gasteiger partial charge is 0.479 e. The van der Waals surface area contributed by atoms with Crippen LogP contribution in [0.2, 0.25) is 0 Å². The summed E-state index contributed by atoms with van der Waals surface area (Å²) in [5.41, 5.74) is -3.25. The number of hydrogen-bond donors (Lipinski definition) is 1. The standard InChI is InChI=1S/C19H16BF5N2O3/c20-11-1-2-15(22)13(5-11)17(18(29)30)27-7-10(3-4-26-8-12(21)9-26)14(6-16(27)28)19(23,24)25/h1-2,5-7,12,17H,3-4,8-9H2,(H,29,30). The van der Waals surface area contributed by atoms with Gasteiger partial charge in [-0.05, 0) is 18.1 Å². The molecule has 5 nitrogen and oxygen atoms in total. The lowest BCUT2D eigenvalue weighted by Crippen LogP contribution is -2.49. The number of pyridine rings is 1. The zero-order valence-electron chi connectivity index (χ0n) is 15.5. The maximum absolute atomic E-state index is 14.3. The van der Waals surface area contributed by atoms with Crippen molar-refractivity contribution in [3.05, 3.63) is 63.3 Å². The molecular formula is C19H16BF5N2O3. The topological polar surface area (TPSA) is 62.5 Å². The van der Waals surface area contributed by atoms with Crippen LogP contribution in [0, 0.1) is 5.82 Å².